The van der Waals surface area contributed by atoms with Crippen molar-refractivity contribution in [2.75, 3.05) is 23.9 Å². The van der Waals surface area contributed by atoms with Gasteiger partial charge in [-0.2, -0.15) is 0 Å². The van der Waals surface area contributed by atoms with Crippen molar-refractivity contribution in [1.29, 1.82) is 0 Å². The number of Topliss-reactive ketones (excluding diaryl/α,β-unsaturated/α-hetero) is 1. The Morgan fingerprint density at radius 1 is 0.946 bits per heavy atom. The minimum Gasteiger partial charge on any atom is -0.497 e. The second-order valence-corrected chi connectivity index (χ2v) is 9.06. The summed E-state index contributed by atoms with van der Waals surface area (Å²) in [7, 11) is 1.57. The Morgan fingerprint density at radius 2 is 1.62 bits per heavy atom. The number of nitrogens with one attached hydrogen (secondary N) is 1. The zero-order valence-electron chi connectivity index (χ0n) is 20.6. The molecular weight excluding hydrogens is 468 g/mol. The molecule has 1 spiro atoms. The summed E-state index contributed by atoms with van der Waals surface area (Å²) >= 11 is 0. The minimum absolute atomic E-state index is 0.127. The highest BCUT2D eigenvalue weighted by Gasteiger charge is 2.64. The normalized spacial score (nSPS) is 19.6. The number of ketones is 1. The van der Waals surface area contributed by atoms with E-state index in [1.54, 1.807) is 63.4 Å². The molecule has 1 amide bonds. The van der Waals surface area contributed by atoms with Crippen molar-refractivity contribution in [3.63, 3.8) is 0 Å². The Kier molecular flexibility index (Phi) is 5.05. The van der Waals surface area contributed by atoms with E-state index in [9.17, 15) is 14.4 Å². The summed E-state index contributed by atoms with van der Waals surface area (Å²) in [6, 6.07) is 21.6. The SMILES string of the molecule is CCOC(=O)C1=C(C)N(c2ccc(OC)cc2)C(=O)C12C1=C(Nc3ccccc32)c2ccccc2C1=O. The second kappa shape index (κ2) is 8.20. The summed E-state index contributed by atoms with van der Waals surface area (Å²) in [4.78, 5) is 44.1. The van der Waals surface area contributed by atoms with Gasteiger partial charge >= 0.3 is 5.97 Å². The van der Waals surface area contributed by atoms with Crippen LogP contribution in [0, 0.1) is 0 Å². The summed E-state index contributed by atoms with van der Waals surface area (Å²) in [6.07, 6.45) is 0. The highest BCUT2D eigenvalue weighted by Crippen LogP contribution is 2.58. The van der Waals surface area contributed by atoms with Crippen molar-refractivity contribution in [2.45, 2.75) is 19.3 Å². The third-order valence-corrected chi connectivity index (χ3v) is 7.29. The Labute approximate surface area is 214 Å². The van der Waals surface area contributed by atoms with Crippen molar-refractivity contribution >= 4 is 34.7 Å². The molecule has 1 aliphatic carbocycles. The lowest BCUT2D eigenvalue weighted by Gasteiger charge is -2.37. The molecule has 0 aromatic heterocycles. The first-order valence-electron chi connectivity index (χ1n) is 12.1. The lowest BCUT2D eigenvalue weighted by Crippen LogP contribution is -2.47. The molecule has 1 N–H and O–H groups in total. The third-order valence-electron chi connectivity index (χ3n) is 7.29. The van der Waals surface area contributed by atoms with Gasteiger partial charge in [-0.15, -0.1) is 0 Å². The van der Waals surface area contributed by atoms with Crippen molar-refractivity contribution < 1.29 is 23.9 Å². The number of amides is 1. The van der Waals surface area contributed by atoms with Gasteiger partial charge in [-0.25, -0.2) is 4.79 Å². The summed E-state index contributed by atoms with van der Waals surface area (Å²) in [5.41, 5.74) is 2.63. The van der Waals surface area contributed by atoms with Crippen LogP contribution in [0.15, 0.2) is 89.6 Å². The standard InChI is InChI=1S/C30H24N2O5/c1-4-37-28(34)24-17(2)32(18-13-15-19(36-3)16-14-18)29(35)30(24)22-11-7-8-12-23(22)31-26-20-9-5-6-10-21(20)27(33)25(26)30/h5-16,31H,4H2,1-3H3. The quantitative estimate of drug-likeness (QED) is 0.524. The van der Waals surface area contributed by atoms with E-state index < -0.39 is 17.3 Å². The molecule has 2 aliphatic heterocycles. The molecule has 0 radical (unpaired) electrons. The maximum absolute atomic E-state index is 14.8. The molecule has 3 aromatic carbocycles. The second-order valence-electron chi connectivity index (χ2n) is 9.06. The number of rotatable bonds is 4. The Balaban J connectivity index is 1.69. The van der Waals surface area contributed by atoms with E-state index >= 15 is 0 Å². The number of hydrogen-bond acceptors (Lipinski definition) is 6. The van der Waals surface area contributed by atoms with Crippen molar-refractivity contribution in [3.05, 3.63) is 106 Å². The summed E-state index contributed by atoms with van der Waals surface area (Å²) in [5, 5.41) is 3.39. The first-order chi connectivity index (χ1) is 17.9. The lowest BCUT2D eigenvalue weighted by molar-refractivity contribution is -0.140. The number of nitrogens with zero attached hydrogens (tertiary/aromatic N) is 1. The molecule has 0 saturated heterocycles. The number of ether oxygens (including phenoxy) is 2. The first-order valence-corrected chi connectivity index (χ1v) is 12.1. The summed E-state index contributed by atoms with van der Waals surface area (Å²) in [5.74, 6) is -0.680. The van der Waals surface area contributed by atoms with Crippen LogP contribution >= 0.6 is 0 Å². The van der Waals surface area contributed by atoms with Gasteiger partial charge in [-0.1, -0.05) is 42.5 Å². The molecule has 3 aromatic rings. The van der Waals surface area contributed by atoms with Crippen LogP contribution in [0.5, 0.6) is 5.75 Å². The van der Waals surface area contributed by atoms with E-state index in [4.69, 9.17) is 9.47 Å². The number of fused-ring (bicyclic) bond motifs is 5. The largest absolute Gasteiger partial charge is 0.497 e. The van der Waals surface area contributed by atoms with Crippen LogP contribution in [0.2, 0.25) is 0 Å². The van der Waals surface area contributed by atoms with Gasteiger partial charge in [-0.3, -0.25) is 14.5 Å². The fraction of sp³-hybridized carbons (Fsp3) is 0.167. The molecule has 1 unspecified atom stereocenters. The summed E-state index contributed by atoms with van der Waals surface area (Å²) < 4.78 is 10.8. The molecule has 0 bridgehead atoms. The smallest absolute Gasteiger partial charge is 0.337 e. The van der Waals surface area contributed by atoms with Gasteiger partial charge in [0.2, 0.25) is 0 Å². The van der Waals surface area contributed by atoms with Crippen LogP contribution in [-0.2, 0) is 19.7 Å². The molecule has 6 rings (SSSR count). The molecule has 3 aliphatic rings. The predicted octanol–water partition coefficient (Wildman–Crippen LogP) is 4.85. The topological polar surface area (TPSA) is 84.9 Å². The van der Waals surface area contributed by atoms with Crippen LogP contribution in [0.3, 0.4) is 0 Å². The number of carbonyl (C=O) groups is 3. The number of carbonyl (C=O) groups excluding carboxylic acids is 3. The van der Waals surface area contributed by atoms with Gasteiger partial charge in [0.1, 0.15) is 11.2 Å². The van der Waals surface area contributed by atoms with E-state index in [0.717, 1.165) is 0 Å². The van der Waals surface area contributed by atoms with E-state index in [1.165, 1.54) is 4.90 Å². The maximum atomic E-state index is 14.8. The molecule has 7 nitrogen and oxygen atoms in total. The van der Waals surface area contributed by atoms with E-state index in [0.29, 0.717) is 45.2 Å². The Bertz CT molecular complexity index is 1570. The number of benzene rings is 3. The van der Waals surface area contributed by atoms with E-state index in [2.05, 4.69) is 5.32 Å². The average Bonchev–Trinajstić information content (AvgIpc) is 3.33. The average molecular weight is 493 g/mol. The molecular formula is C30H24N2O5. The third kappa shape index (κ3) is 2.91. The monoisotopic (exact) mass is 492 g/mol. The van der Waals surface area contributed by atoms with Crippen molar-refractivity contribution in [2.24, 2.45) is 0 Å². The molecule has 0 fully saturated rings. The van der Waals surface area contributed by atoms with Gasteiger partial charge in [-0.05, 0) is 44.2 Å². The zero-order valence-corrected chi connectivity index (χ0v) is 20.6. The molecule has 37 heavy (non-hydrogen) atoms. The predicted molar refractivity (Wildman–Crippen MR) is 139 cm³/mol. The number of esters is 1. The van der Waals surface area contributed by atoms with Gasteiger partial charge < -0.3 is 14.8 Å². The highest BCUT2D eigenvalue weighted by molar-refractivity contribution is 6.33. The maximum Gasteiger partial charge on any atom is 0.337 e. The number of methoxy groups -OCH3 is 1. The molecule has 7 heteroatoms. The van der Waals surface area contributed by atoms with Crippen LogP contribution in [0.1, 0.15) is 35.3 Å². The van der Waals surface area contributed by atoms with Gasteiger partial charge in [0, 0.05) is 39.3 Å². The fourth-order valence-electron chi connectivity index (χ4n) is 5.80. The van der Waals surface area contributed by atoms with Crippen LogP contribution in [-0.4, -0.2) is 31.4 Å². The van der Waals surface area contributed by atoms with Crippen molar-refractivity contribution in [1.82, 2.24) is 0 Å². The molecule has 0 saturated carbocycles. The van der Waals surface area contributed by atoms with Gasteiger partial charge in [0.05, 0.1) is 25.0 Å². The number of para-hydroxylation sites is 1. The first kappa shape index (κ1) is 22.8. The molecule has 184 valence electrons. The number of hydrogen-bond donors (Lipinski definition) is 1. The van der Waals surface area contributed by atoms with Crippen molar-refractivity contribution in [3.8, 4) is 5.75 Å². The lowest BCUT2D eigenvalue weighted by atomic mass is 9.65. The summed E-state index contributed by atoms with van der Waals surface area (Å²) in [6.45, 7) is 3.57. The zero-order chi connectivity index (χ0) is 25.9. The Hall–Kier alpha value is -4.65. The van der Waals surface area contributed by atoms with E-state index in [1.807, 2.05) is 30.3 Å². The molecule has 1 atom stereocenters. The van der Waals surface area contributed by atoms with Crippen LogP contribution < -0.4 is 15.0 Å². The fourth-order valence-corrected chi connectivity index (χ4v) is 5.80. The molecule has 2 heterocycles. The minimum atomic E-state index is -1.68. The Morgan fingerprint density at radius 3 is 2.32 bits per heavy atom. The number of anilines is 2. The van der Waals surface area contributed by atoms with Crippen LogP contribution in [0.4, 0.5) is 11.4 Å². The van der Waals surface area contributed by atoms with Gasteiger partial charge in [0.15, 0.2) is 5.78 Å². The number of allylic oxidation sites excluding steroid dienone is 1. The van der Waals surface area contributed by atoms with Crippen LogP contribution in [0.25, 0.3) is 5.70 Å². The van der Waals surface area contributed by atoms with Gasteiger partial charge in [0.25, 0.3) is 5.91 Å². The van der Waals surface area contributed by atoms with E-state index in [-0.39, 0.29) is 23.5 Å². The highest BCUT2D eigenvalue weighted by atomic mass is 16.5.